The summed E-state index contributed by atoms with van der Waals surface area (Å²) in [5.41, 5.74) is 8.04. The first kappa shape index (κ1) is 12.5. The molecule has 0 bridgehead atoms. The van der Waals surface area contributed by atoms with Crippen LogP contribution in [0.3, 0.4) is 0 Å². The van der Waals surface area contributed by atoms with Gasteiger partial charge in [-0.1, -0.05) is 19.9 Å². The van der Waals surface area contributed by atoms with Crippen LogP contribution in [-0.2, 0) is 0 Å². The fourth-order valence-electron chi connectivity index (χ4n) is 1.82. The molecule has 2 N–H and O–H groups in total. The normalized spacial score (nSPS) is 17.7. The highest BCUT2D eigenvalue weighted by molar-refractivity contribution is 8.03. The lowest BCUT2D eigenvalue weighted by Gasteiger charge is -2.14. The van der Waals surface area contributed by atoms with Gasteiger partial charge in [-0.05, 0) is 37.5 Å². The summed E-state index contributed by atoms with van der Waals surface area (Å²) in [7, 11) is 0. The fourth-order valence-corrected chi connectivity index (χ4v) is 2.67. The van der Waals surface area contributed by atoms with Crippen LogP contribution in [0, 0.1) is 5.92 Å². The Hall–Kier alpha value is -0.540. The van der Waals surface area contributed by atoms with Crippen molar-refractivity contribution < 1.29 is 0 Å². The molecule has 15 heavy (non-hydrogen) atoms. The second kappa shape index (κ2) is 6.13. The van der Waals surface area contributed by atoms with Crippen molar-refractivity contribution in [1.82, 2.24) is 0 Å². The second-order valence-electron chi connectivity index (χ2n) is 3.96. The van der Waals surface area contributed by atoms with E-state index in [1.54, 1.807) is 11.8 Å². The summed E-state index contributed by atoms with van der Waals surface area (Å²) in [5.74, 6) is 1.08. The molecule has 0 atom stereocenters. The Balaban J connectivity index is 3.00. The van der Waals surface area contributed by atoms with Gasteiger partial charge < -0.3 is 5.73 Å². The van der Waals surface area contributed by atoms with Crippen LogP contribution in [0.4, 0.5) is 0 Å². The van der Waals surface area contributed by atoms with E-state index in [1.165, 1.54) is 23.3 Å². The lowest BCUT2D eigenvalue weighted by Crippen LogP contribution is -2.01. The molecule has 0 saturated heterocycles. The van der Waals surface area contributed by atoms with Gasteiger partial charge in [-0.25, -0.2) is 0 Å². The van der Waals surface area contributed by atoms with Crippen LogP contribution in [0.15, 0.2) is 27.2 Å². The third kappa shape index (κ3) is 3.21. The summed E-state index contributed by atoms with van der Waals surface area (Å²) < 4.78 is 0. The van der Waals surface area contributed by atoms with Gasteiger partial charge in [-0.3, -0.25) is 4.99 Å². The quantitative estimate of drug-likeness (QED) is 0.574. The first-order valence-corrected chi connectivity index (χ1v) is 6.42. The molecule has 0 aromatic rings. The van der Waals surface area contributed by atoms with Crippen LogP contribution in [0.5, 0.6) is 0 Å². The van der Waals surface area contributed by atoms with Crippen LogP contribution >= 0.6 is 11.8 Å². The predicted molar refractivity (Wildman–Crippen MR) is 70.0 cm³/mol. The summed E-state index contributed by atoms with van der Waals surface area (Å²) >= 11 is 1.69. The van der Waals surface area contributed by atoms with Crippen molar-refractivity contribution in [2.75, 3.05) is 5.88 Å². The van der Waals surface area contributed by atoms with Gasteiger partial charge in [0.15, 0.2) is 0 Å². The Labute approximate surface area is 96.7 Å². The van der Waals surface area contributed by atoms with Crippen molar-refractivity contribution in [1.29, 1.82) is 0 Å². The van der Waals surface area contributed by atoms with Crippen molar-refractivity contribution in [2.24, 2.45) is 16.6 Å². The highest BCUT2D eigenvalue weighted by Crippen LogP contribution is 2.34. The van der Waals surface area contributed by atoms with Gasteiger partial charge in [0, 0.05) is 10.8 Å². The van der Waals surface area contributed by atoms with Gasteiger partial charge in [0.1, 0.15) is 0 Å². The molecule has 0 unspecified atom stereocenters. The number of rotatable bonds is 5. The molecule has 1 aliphatic carbocycles. The molecular weight excluding hydrogens is 204 g/mol. The van der Waals surface area contributed by atoms with E-state index in [4.69, 9.17) is 5.73 Å². The third-order valence-corrected chi connectivity index (χ3v) is 3.64. The van der Waals surface area contributed by atoms with Gasteiger partial charge in [0.05, 0.1) is 5.70 Å². The minimum Gasteiger partial charge on any atom is -0.322 e. The molecule has 0 fully saturated rings. The largest absolute Gasteiger partial charge is 0.322 e. The average molecular weight is 224 g/mol. The van der Waals surface area contributed by atoms with Crippen LogP contribution in [-0.4, -0.2) is 12.6 Å². The molecule has 2 nitrogen and oxygen atoms in total. The minimum atomic E-state index is 0.473. The first-order chi connectivity index (χ1) is 7.20. The van der Waals surface area contributed by atoms with Crippen molar-refractivity contribution in [3.63, 3.8) is 0 Å². The van der Waals surface area contributed by atoms with Gasteiger partial charge in [-0.2, -0.15) is 0 Å². The Bertz CT molecular complexity index is 290. The van der Waals surface area contributed by atoms with E-state index >= 15 is 0 Å². The SMILES string of the molecule is C=N/C(C1=CCCC1)=C(\SCN)C(C)C. The maximum Gasteiger partial charge on any atom is 0.0749 e. The molecule has 0 aromatic carbocycles. The Morgan fingerprint density at radius 1 is 1.67 bits per heavy atom. The monoisotopic (exact) mass is 224 g/mol. The number of thioether (sulfide) groups is 1. The highest BCUT2D eigenvalue weighted by Gasteiger charge is 2.16. The van der Waals surface area contributed by atoms with E-state index in [2.05, 4.69) is 31.6 Å². The molecule has 1 aliphatic rings. The summed E-state index contributed by atoms with van der Waals surface area (Å²) in [4.78, 5) is 5.47. The maximum absolute atomic E-state index is 5.61. The summed E-state index contributed by atoms with van der Waals surface area (Å²) in [6, 6.07) is 0. The van der Waals surface area contributed by atoms with E-state index < -0.39 is 0 Å². The van der Waals surface area contributed by atoms with E-state index in [9.17, 15) is 0 Å². The highest BCUT2D eigenvalue weighted by atomic mass is 32.2. The second-order valence-corrected chi connectivity index (χ2v) is 5.02. The number of allylic oxidation sites excluding steroid dienone is 3. The van der Waals surface area contributed by atoms with Crippen LogP contribution in [0.1, 0.15) is 33.1 Å². The van der Waals surface area contributed by atoms with Crippen molar-refractivity contribution in [2.45, 2.75) is 33.1 Å². The molecule has 1 rings (SSSR count). The first-order valence-electron chi connectivity index (χ1n) is 5.43. The molecule has 0 aromatic heterocycles. The van der Waals surface area contributed by atoms with E-state index in [0.29, 0.717) is 11.8 Å². The van der Waals surface area contributed by atoms with E-state index in [1.807, 2.05) is 0 Å². The number of hydrogen-bond donors (Lipinski definition) is 1. The molecular formula is C12H20N2S. The molecule has 0 radical (unpaired) electrons. The van der Waals surface area contributed by atoms with Crippen molar-refractivity contribution in [3.8, 4) is 0 Å². The average Bonchev–Trinajstić information content (AvgIpc) is 2.71. The fraction of sp³-hybridized carbons (Fsp3) is 0.583. The smallest absolute Gasteiger partial charge is 0.0749 e. The van der Waals surface area contributed by atoms with Crippen molar-refractivity contribution in [3.05, 3.63) is 22.3 Å². The maximum atomic E-state index is 5.61. The molecule has 0 amide bonds. The number of nitrogens with zero attached hydrogens (tertiary/aromatic N) is 1. The molecule has 84 valence electrons. The standard InChI is InChI=1S/C12H20N2S/c1-9(2)12(15-8-13)11(14-3)10-6-4-5-7-10/h6,9H,3-5,7-8,13H2,1-2H3/b12-11-. The topological polar surface area (TPSA) is 38.4 Å². The van der Waals surface area contributed by atoms with Gasteiger partial charge in [-0.15, -0.1) is 11.8 Å². The molecule has 0 heterocycles. The Morgan fingerprint density at radius 2 is 2.40 bits per heavy atom. The summed E-state index contributed by atoms with van der Waals surface area (Å²) in [6.45, 7) is 8.05. The molecule has 3 heteroatoms. The zero-order valence-electron chi connectivity index (χ0n) is 9.62. The van der Waals surface area contributed by atoms with Gasteiger partial charge in [0.2, 0.25) is 0 Å². The number of nitrogens with two attached hydrogens (primary N) is 1. The minimum absolute atomic E-state index is 0.473. The lowest BCUT2D eigenvalue weighted by atomic mass is 10.1. The number of aliphatic imine (C=N–C) groups is 1. The van der Waals surface area contributed by atoms with Crippen molar-refractivity contribution >= 4 is 18.5 Å². The molecule has 0 saturated carbocycles. The third-order valence-electron chi connectivity index (χ3n) is 2.50. The number of hydrogen-bond acceptors (Lipinski definition) is 3. The van der Waals surface area contributed by atoms with E-state index in [-0.39, 0.29) is 0 Å². The molecule has 0 spiro atoms. The zero-order chi connectivity index (χ0) is 11.3. The summed E-state index contributed by atoms with van der Waals surface area (Å²) in [5, 5.41) is 0. The van der Waals surface area contributed by atoms with E-state index in [0.717, 1.165) is 12.1 Å². The molecule has 0 aliphatic heterocycles. The Morgan fingerprint density at radius 3 is 2.80 bits per heavy atom. The van der Waals surface area contributed by atoms with Gasteiger partial charge in [0.25, 0.3) is 0 Å². The van der Waals surface area contributed by atoms with Crippen LogP contribution in [0.25, 0.3) is 0 Å². The Kier molecular flexibility index (Phi) is 5.12. The van der Waals surface area contributed by atoms with Crippen LogP contribution < -0.4 is 5.73 Å². The lowest BCUT2D eigenvalue weighted by molar-refractivity contribution is 0.801. The summed E-state index contributed by atoms with van der Waals surface area (Å²) in [6.07, 6.45) is 5.83. The predicted octanol–water partition coefficient (Wildman–Crippen LogP) is 3.31. The van der Waals surface area contributed by atoms with Gasteiger partial charge >= 0.3 is 0 Å². The van der Waals surface area contributed by atoms with Crippen LogP contribution in [0.2, 0.25) is 0 Å². The zero-order valence-corrected chi connectivity index (χ0v) is 10.4.